The highest BCUT2D eigenvalue weighted by Crippen LogP contribution is 2.41. The molecule has 6 nitrogen and oxygen atoms in total. The second-order valence-electron chi connectivity index (χ2n) is 10.2. The predicted octanol–water partition coefficient (Wildman–Crippen LogP) is 6.76. The van der Waals surface area contributed by atoms with Crippen LogP contribution in [0.15, 0.2) is 54.6 Å². The molecule has 0 radical (unpaired) electrons. The molecule has 0 spiro atoms. The van der Waals surface area contributed by atoms with Crippen molar-refractivity contribution < 1.29 is 32.6 Å². The quantitative estimate of drug-likeness (QED) is 0.273. The Kier molecular flexibility index (Phi) is 9.53. The van der Waals surface area contributed by atoms with Crippen molar-refractivity contribution >= 4 is 35.0 Å². The van der Waals surface area contributed by atoms with Gasteiger partial charge in [0, 0.05) is 36.0 Å². The Morgan fingerprint density at radius 1 is 1.10 bits per heavy atom. The third kappa shape index (κ3) is 7.55. The average Bonchev–Trinajstić information content (AvgIpc) is 3.37. The van der Waals surface area contributed by atoms with E-state index in [1.165, 1.54) is 0 Å². The van der Waals surface area contributed by atoms with Gasteiger partial charge < -0.3 is 20.1 Å². The highest BCUT2D eigenvalue weighted by molar-refractivity contribution is 7.99. The number of carboxylic acids is 1. The summed E-state index contributed by atoms with van der Waals surface area (Å²) in [5.41, 5.74) is 1.43. The van der Waals surface area contributed by atoms with E-state index >= 15 is 0 Å². The molecular weight excluding hydrogens is 553 g/mol. The molecule has 218 valence electrons. The smallest absolute Gasteiger partial charge is 0.418 e. The summed E-state index contributed by atoms with van der Waals surface area (Å²) in [7, 11) is 0. The first kappa shape index (κ1) is 30.3. The van der Waals surface area contributed by atoms with Crippen LogP contribution in [0.1, 0.15) is 44.6 Å². The summed E-state index contributed by atoms with van der Waals surface area (Å²) in [5, 5.41) is 12.2. The molecule has 2 N–H and O–H groups in total. The van der Waals surface area contributed by atoms with Crippen LogP contribution in [-0.4, -0.2) is 48.2 Å². The zero-order chi connectivity index (χ0) is 29.7. The van der Waals surface area contributed by atoms with E-state index in [1.54, 1.807) is 42.6 Å². The number of ether oxygens (including phenoxy) is 1. The van der Waals surface area contributed by atoms with Gasteiger partial charge in [-0.25, -0.2) is 0 Å². The van der Waals surface area contributed by atoms with Crippen molar-refractivity contribution in [3.8, 4) is 5.75 Å². The van der Waals surface area contributed by atoms with Gasteiger partial charge in [0.15, 0.2) is 0 Å². The van der Waals surface area contributed by atoms with Crippen LogP contribution in [0.3, 0.4) is 0 Å². The molecule has 0 bridgehead atoms. The molecule has 1 fully saturated rings. The molecule has 1 aliphatic heterocycles. The molecule has 3 aromatic carbocycles. The van der Waals surface area contributed by atoms with Gasteiger partial charge in [0.1, 0.15) is 5.75 Å². The van der Waals surface area contributed by atoms with E-state index in [0.29, 0.717) is 43.0 Å². The Balaban J connectivity index is 1.60. The maximum absolute atomic E-state index is 14.3. The molecule has 0 aliphatic carbocycles. The number of hydrogen-bond acceptors (Lipinski definition) is 5. The van der Waals surface area contributed by atoms with E-state index < -0.39 is 35.7 Å². The van der Waals surface area contributed by atoms with E-state index in [9.17, 15) is 27.9 Å². The number of nitrogens with zero attached hydrogens (tertiary/aromatic N) is 1. The number of nitrogens with one attached hydrogen (secondary N) is 1. The Labute approximate surface area is 241 Å². The number of amides is 1. The molecule has 0 saturated carbocycles. The van der Waals surface area contributed by atoms with Crippen LogP contribution < -0.4 is 15.0 Å². The summed E-state index contributed by atoms with van der Waals surface area (Å²) in [6.45, 7) is 4.88. The summed E-state index contributed by atoms with van der Waals surface area (Å²) in [6, 6.07) is 15.3. The molecule has 1 heterocycles. The Bertz CT molecular complexity index is 1390. The van der Waals surface area contributed by atoms with Crippen molar-refractivity contribution in [3.05, 3.63) is 88.0 Å². The molecule has 0 aromatic heterocycles. The first-order chi connectivity index (χ1) is 19.5. The molecule has 10 heteroatoms. The molecule has 1 saturated heterocycles. The lowest BCUT2D eigenvalue weighted by Crippen LogP contribution is -2.25. The van der Waals surface area contributed by atoms with Gasteiger partial charge >= 0.3 is 12.1 Å². The number of aryl methyl sites for hydroxylation is 2. The fourth-order valence-corrected chi connectivity index (χ4v) is 5.86. The van der Waals surface area contributed by atoms with Crippen LogP contribution in [0.4, 0.5) is 24.5 Å². The lowest BCUT2D eigenvalue weighted by atomic mass is 9.99. The number of benzene rings is 3. The number of carbonyl (C=O) groups is 2. The molecule has 1 amide bonds. The van der Waals surface area contributed by atoms with Gasteiger partial charge in [-0.2, -0.15) is 24.9 Å². The zero-order valence-corrected chi connectivity index (χ0v) is 24.0. The highest BCUT2D eigenvalue weighted by Gasteiger charge is 2.37. The Hall–Kier alpha value is -3.66. The van der Waals surface area contributed by atoms with Crippen LogP contribution in [0.2, 0.25) is 0 Å². The first-order valence-electron chi connectivity index (χ1n) is 13.3. The zero-order valence-electron chi connectivity index (χ0n) is 23.2. The fraction of sp³-hybridized carbons (Fsp3) is 0.355. The van der Waals surface area contributed by atoms with Crippen LogP contribution in [-0.2, 0) is 23.8 Å². The minimum Gasteiger partial charge on any atom is -0.493 e. The number of thioether (sulfide) groups is 1. The number of hydrogen-bond donors (Lipinski definition) is 2. The maximum Gasteiger partial charge on any atom is 0.418 e. The van der Waals surface area contributed by atoms with Crippen LogP contribution in [0, 0.1) is 13.8 Å². The number of alkyl halides is 3. The normalized spacial score (nSPS) is 15.2. The van der Waals surface area contributed by atoms with Gasteiger partial charge in [-0.15, -0.1) is 0 Å². The second kappa shape index (κ2) is 12.9. The standard InChI is InChI=1S/C31H33F3N2O4S/c1-19-13-23(40-12-10-21-7-5-4-6-8-21)14-20(2)29(19)30(39)35-26-15-22(16-28(37)38)27(17-25(26)31(32,33)34)36-11-9-24(18-36)41-3/h4-8,13-15,17,24H,9-12,16,18H2,1-3H3,(H,35,39)(H,37,38). The highest BCUT2D eigenvalue weighted by atomic mass is 32.2. The van der Waals surface area contributed by atoms with E-state index in [2.05, 4.69) is 5.32 Å². The average molecular weight is 587 g/mol. The lowest BCUT2D eigenvalue weighted by Gasteiger charge is -2.25. The molecule has 1 atom stereocenters. The summed E-state index contributed by atoms with van der Waals surface area (Å²) in [5.74, 6) is -1.32. The SMILES string of the molecule is CSC1CCN(c2cc(C(F)(F)F)c(NC(=O)c3c(C)cc(OCCc4ccccc4)cc3C)cc2CC(=O)O)C1. The first-order valence-corrected chi connectivity index (χ1v) is 14.6. The van der Waals surface area contributed by atoms with E-state index in [-0.39, 0.29) is 22.1 Å². The van der Waals surface area contributed by atoms with Crippen molar-refractivity contribution in [3.63, 3.8) is 0 Å². The largest absolute Gasteiger partial charge is 0.493 e. The Morgan fingerprint density at radius 3 is 2.37 bits per heavy atom. The third-order valence-electron chi connectivity index (χ3n) is 7.17. The minimum absolute atomic E-state index is 0.221. The van der Waals surface area contributed by atoms with Gasteiger partial charge in [-0.1, -0.05) is 30.3 Å². The van der Waals surface area contributed by atoms with Crippen LogP contribution in [0.5, 0.6) is 5.75 Å². The van der Waals surface area contributed by atoms with Crippen LogP contribution >= 0.6 is 11.8 Å². The maximum atomic E-state index is 14.3. The van der Waals surface area contributed by atoms with Gasteiger partial charge in [0.2, 0.25) is 0 Å². The lowest BCUT2D eigenvalue weighted by molar-refractivity contribution is -0.137. The van der Waals surface area contributed by atoms with Crippen molar-refractivity contribution in [2.75, 3.05) is 36.2 Å². The second-order valence-corrected chi connectivity index (χ2v) is 11.3. The number of anilines is 2. The number of rotatable bonds is 10. The van der Waals surface area contributed by atoms with Crippen molar-refractivity contribution in [1.29, 1.82) is 0 Å². The summed E-state index contributed by atoms with van der Waals surface area (Å²) in [4.78, 5) is 26.8. The van der Waals surface area contributed by atoms with Gasteiger partial charge in [0.05, 0.1) is 24.3 Å². The monoisotopic (exact) mass is 586 g/mol. The van der Waals surface area contributed by atoms with E-state index in [1.807, 2.05) is 36.6 Å². The minimum atomic E-state index is -4.77. The fourth-order valence-electron chi connectivity index (χ4n) is 5.19. The van der Waals surface area contributed by atoms with Gasteiger partial charge in [-0.05, 0) is 73.0 Å². The van der Waals surface area contributed by atoms with E-state index in [0.717, 1.165) is 24.1 Å². The summed E-state index contributed by atoms with van der Waals surface area (Å²) in [6.07, 6.45) is -1.80. The predicted molar refractivity (Wildman–Crippen MR) is 156 cm³/mol. The molecule has 1 unspecified atom stereocenters. The number of carbonyl (C=O) groups excluding carboxylic acids is 1. The van der Waals surface area contributed by atoms with Gasteiger partial charge in [0.25, 0.3) is 5.91 Å². The Morgan fingerprint density at radius 2 is 1.78 bits per heavy atom. The molecule has 3 aromatic rings. The number of aliphatic carboxylic acids is 1. The van der Waals surface area contributed by atoms with Crippen molar-refractivity contribution in [2.24, 2.45) is 0 Å². The van der Waals surface area contributed by atoms with Crippen molar-refractivity contribution in [2.45, 2.75) is 44.5 Å². The van der Waals surface area contributed by atoms with Crippen molar-refractivity contribution in [1.82, 2.24) is 0 Å². The molecule has 41 heavy (non-hydrogen) atoms. The molecule has 4 rings (SSSR count). The van der Waals surface area contributed by atoms with Crippen LogP contribution in [0.25, 0.3) is 0 Å². The topological polar surface area (TPSA) is 78.9 Å². The van der Waals surface area contributed by atoms with E-state index in [4.69, 9.17) is 4.74 Å². The number of halogens is 3. The summed E-state index contributed by atoms with van der Waals surface area (Å²) >= 11 is 1.63. The number of carboxylic acid groups (broad SMARTS) is 1. The summed E-state index contributed by atoms with van der Waals surface area (Å²) < 4.78 is 48.6. The molecule has 1 aliphatic rings. The van der Waals surface area contributed by atoms with Gasteiger partial charge in [-0.3, -0.25) is 9.59 Å². The third-order valence-corrected chi connectivity index (χ3v) is 8.22. The molecular formula is C31H33F3N2O4S.